The van der Waals surface area contributed by atoms with Crippen LogP contribution >= 0.6 is 35.3 Å². The topological polar surface area (TPSA) is 38.3 Å². The van der Waals surface area contributed by atoms with E-state index in [-0.39, 0.29) is 5.97 Å². The molecule has 0 radical (unpaired) electrons. The summed E-state index contributed by atoms with van der Waals surface area (Å²) in [7, 11) is 1.36. The normalized spacial score (nSPS) is 9.57. The number of thiocarbonyl (C=S) groups is 1. The number of hydrogen-bond acceptors (Lipinski definition) is 5. The third kappa shape index (κ3) is 2.70. The fourth-order valence-electron chi connectivity index (χ4n) is 0.820. The molecule has 0 aromatic carbocycles. The number of thiophene rings is 1. The summed E-state index contributed by atoms with van der Waals surface area (Å²) in [6.45, 7) is 0. The highest BCUT2D eigenvalue weighted by molar-refractivity contribution is 8.22. The summed E-state index contributed by atoms with van der Waals surface area (Å²) in [6.07, 6.45) is 1.88. The van der Waals surface area contributed by atoms with E-state index in [1.165, 1.54) is 30.2 Å². The van der Waals surface area contributed by atoms with Crippen molar-refractivity contribution in [1.29, 1.82) is 0 Å². The molecule has 3 nitrogen and oxygen atoms in total. The Kier molecular flexibility index (Phi) is 4.37. The zero-order valence-electron chi connectivity index (χ0n) is 7.70. The molecule has 1 aromatic heterocycles. The zero-order chi connectivity index (χ0) is 10.6. The van der Waals surface area contributed by atoms with Crippen molar-refractivity contribution in [3.63, 3.8) is 0 Å². The largest absolute Gasteiger partial charge is 0.465 e. The number of ether oxygens (including phenoxy) is 1. The number of rotatable bonds is 2. The molecule has 0 fully saturated rings. The van der Waals surface area contributed by atoms with E-state index in [0.717, 1.165) is 5.00 Å². The van der Waals surface area contributed by atoms with Gasteiger partial charge in [0.1, 0.15) is 9.32 Å². The monoisotopic (exact) mass is 247 g/mol. The van der Waals surface area contributed by atoms with Gasteiger partial charge < -0.3 is 10.1 Å². The van der Waals surface area contributed by atoms with Crippen molar-refractivity contribution in [2.24, 2.45) is 0 Å². The SMILES string of the molecule is COC(=O)c1ccsc1NC(=S)SC. The molecule has 0 saturated heterocycles. The summed E-state index contributed by atoms with van der Waals surface area (Å²) in [5.74, 6) is -0.349. The van der Waals surface area contributed by atoms with Gasteiger partial charge in [0, 0.05) is 0 Å². The van der Waals surface area contributed by atoms with Crippen LogP contribution in [0.3, 0.4) is 0 Å². The molecular formula is C8H9NO2S3. The van der Waals surface area contributed by atoms with Crippen LogP contribution in [0.4, 0.5) is 5.00 Å². The lowest BCUT2D eigenvalue weighted by Gasteiger charge is -2.04. The lowest BCUT2D eigenvalue weighted by atomic mass is 10.3. The lowest BCUT2D eigenvalue weighted by Crippen LogP contribution is -2.07. The Hall–Kier alpha value is -0.590. The quantitative estimate of drug-likeness (QED) is 0.642. The molecule has 0 amide bonds. The van der Waals surface area contributed by atoms with E-state index >= 15 is 0 Å². The first-order valence-electron chi connectivity index (χ1n) is 3.69. The van der Waals surface area contributed by atoms with Crippen molar-refractivity contribution >= 4 is 50.6 Å². The van der Waals surface area contributed by atoms with E-state index in [0.29, 0.717) is 9.88 Å². The Balaban J connectivity index is 2.82. The van der Waals surface area contributed by atoms with Crippen LogP contribution in [0.1, 0.15) is 10.4 Å². The van der Waals surface area contributed by atoms with Crippen LogP contribution in [-0.2, 0) is 4.74 Å². The summed E-state index contributed by atoms with van der Waals surface area (Å²) < 4.78 is 5.26. The Bertz CT molecular complexity index is 348. The van der Waals surface area contributed by atoms with E-state index in [1.807, 2.05) is 11.6 Å². The van der Waals surface area contributed by atoms with E-state index in [2.05, 4.69) is 10.1 Å². The molecule has 0 spiro atoms. The molecule has 0 atom stereocenters. The van der Waals surface area contributed by atoms with Crippen LogP contribution in [0, 0.1) is 0 Å². The Labute approximate surface area is 95.8 Å². The summed E-state index contributed by atoms with van der Waals surface area (Å²) in [4.78, 5) is 11.3. The lowest BCUT2D eigenvalue weighted by molar-refractivity contribution is 0.0602. The van der Waals surface area contributed by atoms with Crippen molar-refractivity contribution in [1.82, 2.24) is 0 Å². The summed E-state index contributed by atoms with van der Waals surface area (Å²) in [5, 5.41) is 5.52. The van der Waals surface area contributed by atoms with E-state index in [1.54, 1.807) is 6.07 Å². The van der Waals surface area contributed by atoms with Crippen LogP contribution in [0.15, 0.2) is 11.4 Å². The predicted molar refractivity (Wildman–Crippen MR) is 65.4 cm³/mol. The van der Waals surface area contributed by atoms with E-state index in [4.69, 9.17) is 12.2 Å². The third-order valence-corrected chi connectivity index (χ3v) is 3.38. The van der Waals surface area contributed by atoms with Gasteiger partial charge in [0.05, 0.1) is 12.7 Å². The van der Waals surface area contributed by atoms with E-state index < -0.39 is 0 Å². The molecule has 0 saturated carbocycles. The van der Waals surface area contributed by atoms with Crippen LogP contribution in [0.2, 0.25) is 0 Å². The molecular weight excluding hydrogens is 238 g/mol. The molecule has 1 N–H and O–H groups in total. The second-order valence-corrected chi connectivity index (χ2v) is 4.67. The molecule has 76 valence electrons. The number of hydrogen-bond donors (Lipinski definition) is 1. The van der Waals surface area contributed by atoms with Gasteiger partial charge in [-0.2, -0.15) is 0 Å². The second-order valence-electron chi connectivity index (χ2n) is 2.27. The number of methoxy groups -OCH3 is 1. The minimum Gasteiger partial charge on any atom is -0.465 e. The molecule has 0 unspecified atom stereocenters. The highest BCUT2D eigenvalue weighted by atomic mass is 32.2. The van der Waals surface area contributed by atoms with Crippen LogP contribution in [0.5, 0.6) is 0 Å². The second kappa shape index (κ2) is 5.33. The van der Waals surface area contributed by atoms with Crippen molar-refractivity contribution in [2.45, 2.75) is 0 Å². The molecule has 6 heteroatoms. The highest BCUT2D eigenvalue weighted by Crippen LogP contribution is 2.24. The minimum atomic E-state index is -0.349. The number of nitrogens with one attached hydrogen (secondary N) is 1. The Morgan fingerprint density at radius 1 is 1.71 bits per heavy atom. The maximum absolute atomic E-state index is 11.3. The molecule has 14 heavy (non-hydrogen) atoms. The third-order valence-electron chi connectivity index (χ3n) is 1.47. The first kappa shape index (κ1) is 11.5. The van der Waals surface area contributed by atoms with Crippen LogP contribution in [0.25, 0.3) is 0 Å². The van der Waals surface area contributed by atoms with Gasteiger partial charge in [0.2, 0.25) is 0 Å². The first-order valence-corrected chi connectivity index (χ1v) is 6.21. The van der Waals surface area contributed by atoms with Crippen molar-refractivity contribution in [2.75, 3.05) is 18.7 Å². The van der Waals surface area contributed by atoms with E-state index in [9.17, 15) is 4.79 Å². The van der Waals surface area contributed by atoms with Crippen molar-refractivity contribution < 1.29 is 9.53 Å². The number of anilines is 1. The smallest absolute Gasteiger partial charge is 0.340 e. The number of carbonyl (C=O) groups is 1. The van der Waals surface area contributed by atoms with Gasteiger partial charge >= 0.3 is 5.97 Å². The molecule has 1 rings (SSSR count). The maximum Gasteiger partial charge on any atom is 0.340 e. The standard InChI is InChI=1S/C8H9NO2S3/c1-11-7(10)5-3-4-14-6(5)9-8(12)13-2/h3-4H,1-2H3,(H,9,12). The Morgan fingerprint density at radius 3 is 3.00 bits per heavy atom. The van der Waals surface area contributed by atoms with Crippen LogP contribution < -0.4 is 5.32 Å². The summed E-state index contributed by atoms with van der Waals surface area (Å²) in [5.41, 5.74) is 0.522. The number of esters is 1. The summed E-state index contributed by atoms with van der Waals surface area (Å²) in [6, 6.07) is 1.71. The van der Waals surface area contributed by atoms with Gasteiger partial charge in [-0.15, -0.1) is 23.1 Å². The number of thioether (sulfide) groups is 1. The van der Waals surface area contributed by atoms with Gasteiger partial charge in [0.25, 0.3) is 0 Å². The average molecular weight is 247 g/mol. The van der Waals surface area contributed by atoms with Crippen molar-refractivity contribution in [3.05, 3.63) is 17.0 Å². The Morgan fingerprint density at radius 2 is 2.43 bits per heavy atom. The van der Waals surface area contributed by atoms with Gasteiger partial charge in [-0.3, -0.25) is 0 Å². The fraction of sp³-hybridized carbons (Fsp3) is 0.250. The molecule has 0 aliphatic heterocycles. The summed E-state index contributed by atoms with van der Waals surface area (Å²) >= 11 is 7.84. The number of carbonyl (C=O) groups excluding carboxylic acids is 1. The van der Waals surface area contributed by atoms with Crippen LogP contribution in [-0.4, -0.2) is 23.7 Å². The first-order chi connectivity index (χ1) is 6.69. The zero-order valence-corrected chi connectivity index (χ0v) is 10.1. The van der Waals surface area contributed by atoms with Gasteiger partial charge in [-0.1, -0.05) is 12.2 Å². The molecule has 0 bridgehead atoms. The molecule has 1 aromatic rings. The van der Waals surface area contributed by atoms with Gasteiger partial charge in [-0.05, 0) is 17.7 Å². The predicted octanol–water partition coefficient (Wildman–Crippen LogP) is 2.59. The fourth-order valence-corrected chi connectivity index (χ4v) is 2.04. The average Bonchev–Trinajstić information content (AvgIpc) is 2.64. The van der Waals surface area contributed by atoms with Crippen molar-refractivity contribution in [3.8, 4) is 0 Å². The highest BCUT2D eigenvalue weighted by Gasteiger charge is 2.13. The molecule has 0 aliphatic carbocycles. The van der Waals surface area contributed by atoms with Gasteiger partial charge in [-0.25, -0.2) is 4.79 Å². The maximum atomic E-state index is 11.3. The molecule has 0 aliphatic rings. The molecule has 1 heterocycles. The minimum absolute atomic E-state index is 0.349. The van der Waals surface area contributed by atoms with Gasteiger partial charge in [0.15, 0.2) is 0 Å².